The summed E-state index contributed by atoms with van der Waals surface area (Å²) >= 11 is 17.8. The number of hydrogen-bond donors (Lipinski definition) is 2. The topological polar surface area (TPSA) is 513 Å². The van der Waals surface area contributed by atoms with E-state index in [1.807, 2.05) is 182 Å². The van der Waals surface area contributed by atoms with Gasteiger partial charge in [-0.05, 0) is 188 Å². The zero-order chi connectivity index (χ0) is 99.2. The second-order valence-corrected chi connectivity index (χ2v) is 41.0. The fourth-order valence-electron chi connectivity index (χ4n) is 14.1. The average Bonchev–Trinajstić information content (AvgIpc) is 0.740. The van der Waals surface area contributed by atoms with Crippen LogP contribution in [0.25, 0.3) is 0 Å². The van der Waals surface area contributed by atoms with E-state index in [1.165, 1.54) is 50.0 Å². The van der Waals surface area contributed by atoms with E-state index in [-0.39, 0.29) is 178 Å². The van der Waals surface area contributed by atoms with Gasteiger partial charge in [0.05, 0.1) is 53.2 Å². The summed E-state index contributed by atoms with van der Waals surface area (Å²) in [5.74, 6) is 0. The Morgan fingerprint density at radius 1 is 0.287 bits per heavy atom. The number of nitrogens with two attached hydrogens (primary N) is 1. The van der Waals surface area contributed by atoms with Gasteiger partial charge in [-0.3, -0.25) is 40.5 Å². The fraction of sp³-hybridized carbons (Fsp3) is 0.0303. The van der Waals surface area contributed by atoms with Crippen molar-refractivity contribution in [3.05, 3.63) is 564 Å². The molecule has 0 aromatic heterocycles. The first-order valence-electron chi connectivity index (χ1n) is 39.5. The van der Waals surface area contributed by atoms with Crippen molar-refractivity contribution in [1.82, 2.24) is 0 Å². The molecule has 0 atom stereocenters. The molecule has 733 valence electrons. The number of nitro groups is 4. The molecule has 16 aromatic rings. The largest absolute Gasteiger partial charge is 1.00 e. The van der Waals surface area contributed by atoms with Crippen LogP contribution in [-0.2, 0) is 22.4 Å². The van der Waals surface area contributed by atoms with E-state index in [2.05, 4.69) is 206 Å². The van der Waals surface area contributed by atoms with Gasteiger partial charge < -0.3 is 71.7 Å². The smallest absolute Gasteiger partial charge is 1.00 e. The van der Waals surface area contributed by atoms with Crippen molar-refractivity contribution in [3.8, 4) is 0 Å². The van der Waals surface area contributed by atoms with Crippen molar-refractivity contribution in [3.63, 3.8) is 0 Å². The van der Waals surface area contributed by atoms with Crippen molar-refractivity contribution >= 4 is 185 Å². The molecule has 143 heavy (non-hydrogen) atoms. The summed E-state index contributed by atoms with van der Waals surface area (Å²) in [6, 6.07) is 145. The van der Waals surface area contributed by atoms with Crippen LogP contribution < -0.4 is 171 Å². The standard InChI is InChI=1S/C25H21NO2P.2C24H18ClNO2P.C18H15P.C6H5ClN2O2.2CH4.Ag.ClH.FH.K.HNO3.3NO3.HNO2.Na/c1-20-17-18-24(19-25(20)26(27)28)29(21-11-5-2-6-12-21,22-13-7-3-8-14-22)23-15-9-4-10-16-23;2*25-23-17-16-22(18-24(23)26(27)28)29(19-10-4-1-5-11-19,20-12-6-2-7-13-20)21-14-8-3-9-15-21;1-4-10-16(11-5-1)19(17-12-6-2-7-13-17)18-14-8-3-9-15-18;7-5-2-1-4(8)3-6(5)9(10)11;;;;;;;4*2-1(3)4;2-1-3;/h2-19H,1H3;2*1-18H;1-15H;1-3H,8H2;2*1H4;;2*1H;;(H,2,3,4);;;;(H,2,3);/q3*+1;;;;;;;;+1;;3*-1;;+1/p-2/i;;;;;;;;;1-1;;;;;;;. The summed E-state index contributed by atoms with van der Waals surface area (Å²) in [4.78, 5) is 84.7. The summed E-state index contributed by atoms with van der Waals surface area (Å²) in [7, 11) is -7.45. The summed E-state index contributed by atoms with van der Waals surface area (Å²) in [5, 5.41) is 130. The van der Waals surface area contributed by atoms with Gasteiger partial charge in [0, 0.05) is 39.7 Å². The quantitative estimate of drug-likeness (QED) is 0.0190. The Hall–Kier alpha value is -12.7. The molecule has 1 radical (unpaired) electrons. The first kappa shape index (κ1) is 130. The second kappa shape index (κ2) is 67.7. The van der Waals surface area contributed by atoms with E-state index in [9.17, 15) is 40.5 Å². The molecule has 44 heteroatoms. The third kappa shape index (κ3) is 37.8. The van der Waals surface area contributed by atoms with Crippen LogP contribution in [0.5, 0.6) is 0 Å². The number of benzene rings is 16. The Balaban J connectivity index is 0.00000170. The van der Waals surface area contributed by atoms with Crippen LogP contribution in [0.15, 0.2) is 442 Å². The van der Waals surface area contributed by atoms with E-state index in [0.717, 1.165) is 53.1 Å². The van der Waals surface area contributed by atoms with Crippen molar-refractivity contribution in [2.75, 3.05) is 5.73 Å². The van der Waals surface area contributed by atoms with Gasteiger partial charge in [0.15, 0.2) is 0 Å². The Bertz CT molecular complexity index is 5710. The molecular weight excluding hydrogens is 2130 g/mol. The molecule has 0 spiro atoms. The Morgan fingerprint density at radius 3 is 0.601 bits per heavy atom. The minimum atomic E-state index is -2.36. The van der Waals surface area contributed by atoms with Crippen molar-refractivity contribution in [2.45, 2.75) is 21.8 Å². The predicted octanol–water partition coefficient (Wildman–Crippen LogP) is 11.4. The number of nitro benzene ring substituents is 4. The van der Waals surface area contributed by atoms with Gasteiger partial charge in [-0.15, -0.1) is 27.9 Å². The van der Waals surface area contributed by atoms with Crippen molar-refractivity contribution in [1.29, 1.82) is 0 Å². The third-order valence-electron chi connectivity index (χ3n) is 19.3. The molecule has 16 rings (SSSR count). The van der Waals surface area contributed by atoms with Crippen LogP contribution in [0.3, 0.4) is 0 Å². The fourth-order valence-corrected chi connectivity index (χ4v) is 29.7. The van der Waals surface area contributed by atoms with Gasteiger partial charge >= 0.3 is 80.9 Å². The number of aryl methyl sites for hydroxylation is 1. The molecule has 0 fully saturated rings. The Kier molecular flexibility index (Phi) is 61.7. The summed E-state index contributed by atoms with van der Waals surface area (Å²) in [5.41, 5.74) is 6.16. The van der Waals surface area contributed by atoms with Crippen LogP contribution in [0.2, 0.25) is 15.1 Å². The van der Waals surface area contributed by atoms with Gasteiger partial charge in [0.1, 0.15) is 101 Å². The molecule has 32 nitrogen and oxygen atoms in total. The summed E-state index contributed by atoms with van der Waals surface area (Å²) < 4.78 is 0. The number of nitrogen functional groups attached to an aromatic ring is 1. The Morgan fingerprint density at radius 2 is 0.434 bits per heavy atom. The van der Waals surface area contributed by atoms with Gasteiger partial charge in [-0.1, -0.05) is 304 Å². The first-order chi connectivity index (χ1) is 65.3. The number of nitrogens with zero attached hydrogens (tertiary/aromatic N) is 9. The monoisotopic (exact) mass is 2220 g/mol. The van der Waals surface area contributed by atoms with E-state index >= 15 is 0 Å². The molecule has 3 N–H and O–H groups in total. The molecule has 0 saturated carbocycles. The van der Waals surface area contributed by atoms with Crippen LogP contribution in [0.4, 0.5) is 28.4 Å². The second-order valence-electron chi connectivity index (χ2n) is 27.3. The molecule has 0 amide bonds. The molecule has 0 unspecified atom stereocenters. The number of rotatable bonds is 19. The summed E-state index contributed by atoms with van der Waals surface area (Å²) in [6.45, 7) is 1.79. The third-order valence-corrected chi connectivity index (χ3v) is 35.5. The SMILES string of the molecule is C.C.Cc1ccc([P+](c2ccccc2)(c2ccccc2)c2ccccc2)cc1[N+](=O)[O-].Cl.Nc1ccc(Cl)c([N+](=O)[O-])c1.O=N[O-].O=[N+]([O-])O.O=[N+]([O-])[O-].O=[N+]([O-])[O-].O=[N+]([O-])[O-].O=[N+]([O-])c1cc([P+](c2ccccc2)(c2ccccc2)c2ccccc2)ccc1Cl.O=[N+]([O-])c1cc([P+](c2ccccc2)(c2ccccc2)c2ccccc2)ccc1Cl.[18F-].[Ag].[K+].[Na+].c1ccc(P(c2ccccc2)c2ccccc2)cc1. The molecular formula is C99H87AgCl4FKN10NaO22P4. The van der Waals surface area contributed by atoms with Gasteiger partial charge in [-0.25, -0.2) is 0 Å². The van der Waals surface area contributed by atoms with E-state index in [0.29, 0.717) is 11.3 Å². The normalized spacial score (nSPS) is 9.71. The van der Waals surface area contributed by atoms with E-state index in [1.54, 1.807) is 37.3 Å². The molecule has 0 aliphatic heterocycles. The average molecular weight is 2220 g/mol. The van der Waals surface area contributed by atoms with Gasteiger partial charge in [0.25, 0.3) is 27.8 Å². The maximum atomic E-state index is 11.7. The predicted molar refractivity (Wildman–Crippen MR) is 566 cm³/mol. The maximum absolute atomic E-state index is 11.7. The molecule has 0 bridgehead atoms. The van der Waals surface area contributed by atoms with Crippen LogP contribution >= 0.6 is 76.9 Å². The van der Waals surface area contributed by atoms with E-state index in [4.69, 9.17) is 112 Å². The van der Waals surface area contributed by atoms with Crippen LogP contribution in [0.1, 0.15) is 20.4 Å². The maximum Gasteiger partial charge on any atom is 1.00 e. The summed E-state index contributed by atoms with van der Waals surface area (Å²) in [6.07, 6.45) is 0. The van der Waals surface area contributed by atoms with Crippen molar-refractivity contribution < 1.29 is 153 Å². The zero-order valence-electron chi connectivity index (χ0n) is 74.2. The minimum absolute atomic E-state index is 0. The van der Waals surface area contributed by atoms with Crippen molar-refractivity contribution in [2.24, 2.45) is 5.34 Å². The zero-order valence-corrected chi connectivity index (χ0v) is 87.5. The molecule has 0 aliphatic carbocycles. The molecule has 0 heterocycles. The number of hydrogen-bond acceptors (Lipinski definition) is 23. The van der Waals surface area contributed by atoms with Gasteiger partial charge in [0.2, 0.25) is 0 Å². The number of anilines is 1. The van der Waals surface area contributed by atoms with Crippen LogP contribution in [0, 0.1) is 114 Å². The minimum Gasteiger partial charge on any atom is -1.00 e. The number of halogens is 5. The van der Waals surface area contributed by atoms with Crippen LogP contribution in [-0.4, -0.2) is 45.2 Å². The molecule has 0 aliphatic rings. The molecule has 16 aromatic carbocycles. The van der Waals surface area contributed by atoms with Gasteiger partial charge in [-0.2, -0.15) is 0 Å². The Labute approximate surface area is 925 Å². The van der Waals surface area contributed by atoms with E-state index < -0.39 is 64.8 Å². The molecule has 0 saturated heterocycles. The first-order valence-corrected chi connectivity index (χ1v) is 47.4.